The predicted molar refractivity (Wildman–Crippen MR) is 245 cm³/mol. The van der Waals surface area contributed by atoms with Crippen LogP contribution in [0.3, 0.4) is 0 Å². The second-order valence-corrected chi connectivity index (χ2v) is 14.8. The smallest absolute Gasteiger partial charge is 0.0468 e. The van der Waals surface area contributed by atoms with Gasteiger partial charge in [-0.15, -0.1) is 0 Å². The zero-order valence-corrected chi connectivity index (χ0v) is 32.6. The Labute approximate surface area is 337 Å². The minimum Gasteiger partial charge on any atom is -0.310 e. The molecule has 0 bridgehead atoms. The summed E-state index contributed by atoms with van der Waals surface area (Å²) in [6, 6.07) is 68.7. The molecule has 0 saturated carbocycles. The Hall–Kier alpha value is -6.96. The lowest BCUT2D eigenvalue weighted by Crippen LogP contribution is -2.11. The van der Waals surface area contributed by atoms with Gasteiger partial charge in [-0.05, 0) is 141 Å². The first-order valence-corrected chi connectivity index (χ1v) is 20.0. The van der Waals surface area contributed by atoms with Crippen LogP contribution in [0.1, 0.15) is 42.0 Å². The fraction of sp³-hybridized carbons (Fsp3) is 0.0714. The lowest BCUT2D eigenvalue weighted by molar-refractivity contribution is 1.05. The average Bonchev–Trinajstić information content (AvgIpc) is 3.28. The molecule has 0 fully saturated rings. The summed E-state index contributed by atoms with van der Waals surface area (Å²) in [6.07, 6.45) is 11.1. The molecule has 0 radical (unpaired) electrons. The van der Waals surface area contributed by atoms with E-state index in [0.717, 1.165) is 29.9 Å². The minimum absolute atomic E-state index is 1.000. The van der Waals surface area contributed by atoms with Gasteiger partial charge in [0.05, 0.1) is 0 Å². The summed E-state index contributed by atoms with van der Waals surface area (Å²) in [6.45, 7) is 4.32. The van der Waals surface area contributed by atoms with Crippen molar-refractivity contribution in [2.24, 2.45) is 0 Å². The summed E-state index contributed by atoms with van der Waals surface area (Å²) in [5.41, 5.74) is 18.3. The lowest BCUT2D eigenvalue weighted by Gasteiger charge is -2.28. The molecule has 0 spiro atoms. The molecule has 8 aromatic rings. The van der Waals surface area contributed by atoms with E-state index in [4.69, 9.17) is 0 Å². The molecular weight excluding hydrogens is 687 g/mol. The number of aryl methyl sites for hydroxylation is 1. The number of anilines is 3. The molecule has 0 saturated heterocycles. The van der Waals surface area contributed by atoms with Gasteiger partial charge in [-0.25, -0.2) is 0 Å². The Morgan fingerprint density at radius 2 is 1.12 bits per heavy atom. The van der Waals surface area contributed by atoms with Crippen molar-refractivity contribution < 1.29 is 0 Å². The van der Waals surface area contributed by atoms with E-state index in [2.05, 4.69) is 231 Å². The van der Waals surface area contributed by atoms with E-state index in [0.29, 0.717) is 0 Å². The van der Waals surface area contributed by atoms with Gasteiger partial charge >= 0.3 is 0 Å². The average molecular weight is 732 g/mol. The van der Waals surface area contributed by atoms with Crippen LogP contribution in [0, 0.1) is 6.92 Å². The van der Waals surface area contributed by atoms with Gasteiger partial charge < -0.3 is 4.90 Å². The highest BCUT2D eigenvalue weighted by molar-refractivity contribution is 5.97. The van der Waals surface area contributed by atoms with E-state index in [1.807, 2.05) is 0 Å². The molecule has 1 heteroatoms. The zero-order valence-electron chi connectivity index (χ0n) is 32.6. The number of hydrogen-bond donors (Lipinski definition) is 0. The Balaban J connectivity index is 1.19. The van der Waals surface area contributed by atoms with E-state index in [9.17, 15) is 0 Å². The van der Waals surface area contributed by atoms with Crippen LogP contribution >= 0.6 is 0 Å². The highest BCUT2D eigenvalue weighted by Crippen LogP contribution is 2.44. The third-order valence-electron chi connectivity index (χ3n) is 11.3. The van der Waals surface area contributed by atoms with Crippen LogP contribution in [0.2, 0.25) is 0 Å². The van der Waals surface area contributed by atoms with Crippen molar-refractivity contribution in [3.8, 4) is 33.4 Å². The Bertz CT molecular complexity index is 2780. The summed E-state index contributed by atoms with van der Waals surface area (Å²) in [4.78, 5) is 2.41. The number of benzene rings is 8. The van der Waals surface area contributed by atoms with Gasteiger partial charge in [-0.2, -0.15) is 0 Å². The monoisotopic (exact) mass is 731 g/mol. The summed E-state index contributed by atoms with van der Waals surface area (Å²) in [5.74, 6) is 0. The van der Waals surface area contributed by atoms with Crippen LogP contribution in [0.25, 0.3) is 55.3 Å². The summed E-state index contributed by atoms with van der Waals surface area (Å²) in [7, 11) is 0. The van der Waals surface area contributed by atoms with Crippen LogP contribution in [-0.2, 0) is 0 Å². The zero-order chi connectivity index (χ0) is 38.6. The SMILES string of the molecule is C/C=C(/c1ccc(N(c2ccc(-c3cccc4ccccc34)cc2)c2ccc(-c3ccccc3-c3ccccc3)c(C3=CC=CCC3)c2)cc1)c1ccccc1C. The molecule has 0 atom stereocenters. The van der Waals surface area contributed by atoms with Gasteiger partial charge in [-0.3, -0.25) is 0 Å². The molecular formula is C56H45N. The molecule has 274 valence electrons. The van der Waals surface area contributed by atoms with Crippen molar-refractivity contribution >= 4 is 39.0 Å². The second-order valence-electron chi connectivity index (χ2n) is 14.8. The van der Waals surface area contributed by atoms with E-state index in [1.165, 1.54) is 77.6 Å². The summed E-state index contributed by atoms with van der Waals surface area (Å²) < 4.78 is 0. The lowest BCUT2D eigenvalue weighted by atomic mass is 9.86. The number of allylic oxidation sites excluding steroid dienone is 5. The normalized spacial score (nSPS) is 12.7. The highest BCUT2D eigenvalue weighted by atomic mass is 15.1. The Kier molecular flexibility index (Phi) is 10.0. The maximum atomic E-state index is 2.42. The molecule has 57 heavy (non-hydrogen) atoms. The van der Waals surface area contributed by atoms with Crippen molar-refractivity contribution in [1.82, 2.24) is 0 Å². The first kappa shape index (κ1) is 35.7. The van der Waals surface area contributed by atoms with Crippen LogP contribution in [0.15, 0.2) is 212 Å². The second kappa shape index (κ2) is 16.0. The van der Waals surface area contributed by atoms with Crippen molar-refractivity contribution in [1.29, 1.82) is 0 Å². The molecule has 8 aromatic carbocycles. The molecule has 9 rings (SSSR count). The van der Waals surface area contributed by atoms with Gasteiger partial charge in [0.1, 0.15) is 0 Å². The fourth-order valence-corrected chi connectivity index (χ4v) is 8.44. The maximum Gasteiger partial charge on any atom is 0.0468 e. The number of rotatable bonds is 9. The molecule has 1 aliphatic carbocycles. The van der Waals surface area contributed by atoms with Gasteiger partial charge in [0, 0.05) is 17.1 Å². The standard InChI is InChI=1S/C56H45N/c1-3-49(50-24-12-10-17-40(50)2)44-29-33-46(34-30-44)57(47-35-31-45(32-36-47)52-28-16-23-42-22-11-13-25-51(42)52)48-37-38-55(56(39-48)43-20-8-5-9-21-43)54-27-15-14-26-53(54)41-18-6-4-7-19-41/h3-8,10-20,22-39H,9,21H2,1-2H3/b49-3-. The van der Waals surface area contributed by atoms with Crippen LogP contribution < -0.4 is 4.90 Å². The molecule has 0 amide bonds. The van der Waals surface area contributed by atoms with Gasteiger partial charge in [-0.1, -0.05) is 176 Å². The molecule has 0 N–H and O–H groups in total. The Morgan fingerprint density at radius 1 is 0.509 bits per heavy atom. The number of hydrogen-bond acceptors (Lipinski definition) is 1. The molecule has 0 heterocycles. The van der Waals surface area contributed by atoms with Crippen molar-refractivity contribution in [2.75, 3.05) is 4.90 Å². The third kappa shape index (κ3) is 7.17. The number of nitrogens with zero attached hydrogens (tertiary/aromatic N) is 1. The first-order chi connectivity index (χ1) is 28.2. The highest BCUT2D eigenvalue weighted by Gasteiger charge is 2.20. The van der Waals surface area contributed by atoms with Crippen molar-refractivity contribution in [2.45, 2.75) is 26.7 Å². The molecule has 0 unspecified atom stereocenters. The first-order valence-electron chi connectivity index (χ1n) is 20.0. The molecule has 0 aliphatic heterocycles. The van der Waals surface area contributed by atoms with Gasteiger partial charge in [0.25, 0.3) is 0 Å². The van der Waals surface area contributed by atoms with Gasteiger partial charge in [0.2, 0.25) is 0 Å². The van der Waals surface area contributed by atoms with E-state index in [1.54, 1.807) is 0 Å². The molecule has 0 aromatic heterocycles. The van der Waals surface area contributed by atoms with Gasteiger partial charge in [0.15, 0.2) is 0 Å². The topological polar surface area (TPSA) is 3.24 Å². The van der Waals surface area contributed by atoms with Crippen LogP contribution in [-0.4, -0.2) is 0 Å². The van der Waals surface area contributed by atoms with Crippen molar-refractivity contribution in [3.63, 3.8) is 0 Å². The quantitative estimate of drug-likeness (QED) is 0.143. The predicted octanol–water partition coefficient (Wildman–Crippen LogP) is 15.8. The van der Waals surface area contributed by atoms with E-state index < -0.39 is 0 Å². The van der Waals surface area contributed by atoms with Crippen LogP contribution in [0.4, 0.5) is 17.1 Å². The summed E-state index contributed by atoms with van der Waals surface area (Å²) >= 11 is 0. The maximum absolute atomic E-state index is 2.42. The van der Waals surface area contributed by atoms with Crippen LogP contribution in [0.5, 0.6) is 0 Å². The molecule has 1 aliphatic rings. The van der Waals surface area contributed by atoms with E-state index >= 15 is 0 Å². The Morgan fingerprint density at radius 3 is 1.88 bits per heavy atom. The fourth-order valence-electron chi connectivity index (χ4n) is 8.44. The van der Waals surface area contributed by atoms with Crippen molar-refractivity contribution in [3.05, 3.63) is 235 Å². The number of fused-ring (bicyclic) bond motifs is 1. The minimum atomic E-state index is 1.000. The largest absolute Gasteiger partial charge is 0.310 e. The third-order valence-corrected chi connectivity index (χ3v) is 11.3. The summed E-state index contributed by atoms with van der Waals surface area (Å²) in [5, 5.41) is 2.51. The molecule has 1 nitrogen and oxygen atoms in total. The van der Waals surface area contributed by atoms with E-state index in [-0.39, 0.29) is 0 Å².